The van der Waals surface area contributed by atoms with Crippen molar-refractivity contribution in [3.8, 4) is 11.5 Å². The molecule has 6 heteroatoms. The summed E-state index contributed by atoms with van der Waals surface area (Å²) in [5.41, 5.74) is 2.58. The van der Waals surface area contributed by atoms with Gasteiger partial charge in [-0.25, -0.2) is 0 Å². The van der Waals surface area contributed by atoms with Gasteiger partial charge in [0.1, 0.15) is 17.2 Å². The molecule has 128 valence electrons. The molecular weight excluding hydrogens is 306 g/mol. The number of fused-ring (bicyclic) bond motifs is 1. The topological polar surface area (TPSA) is 76.2 Å². The van der Waals surface area contributed by atoms with Crippen molar-refractivity contribution >= 4 is 5.91 Å². The van der Waals surface area contributed by atoms with E-state index >= 15 is 0 Å². The van der Waals surface area contributed by atoms with Crippen LogP contribution in [-0.2, 0) is 12.8 Å². The minimum atomic E-state index is -0.144. The zero-order valence-corrected chi connectivity index (χ0v) is 14.1. The van der Waals surface area contributed by atoms with Crippen molar-refractivity contribution in [2.45, 2.75) is 26.2 Å². The van der Waals surface area contributed by atoms with Gasteiger partial charge < -0.3 is 14.8 Å². The van der Waals surface area contributed by atoms with Crippen LogP contribution in [-0.4, -0.2) is 36.4 Å². The highest BCUT2D eigenvalue weighted by molar-refractivity contribution is 5.92. The number of aromatic amines is 1. The molecule has 3 rings (SSSR count). The average Bonchev–Trinajstić information content (AvgIpc) is 3.08. The van der Waals surface area contributed by atoms with Gasteiger partial charge in [0.05, 0.1) is 13.7 Å². The summed E-state index contributed by atoms with van der Waals surface area (Å²) >= 11 is 0. The Morgan fingerprint density at radius 2 is 2.33 bits per heavy atom. The Bertz CT molecular complexity index is 711. The zero-order valence-electron chi connectivity index (χ0n) is 14.1. The third-order valence-electron chi connectivity index (χ3n) is 4.19. The molecule has 2 N–H and O–H groups in total. The van der Waals surface area contributed by atoms with E-state index < -0.39 is 0 Å². The van der Waals surface area contributed by atoms with E-state index in [2.05, 4.69) is 22.4 Å². The van der Waals surface area contributed by atoms with Crippen LogP contribution in [0.2, 0.25) is 0 Å². The SMILES string of the molecule is CCCc1cc(C(=O)NC[C@@H]2COc3cc(OC)ccc3C2)n[nH]1. The minimum Gasteiger partial charge on any atom is -0.497 e. The molecule has 1 aromatic heterocycles. The molecule has 0 unspecified atom stereocenters. The molecule has 0 saturated heterocycles. The number of benzene rings is 1. The lowest BCUT2D eigenvalue weighted by molar-refractivity contribution is 0.0934. The van der Waals surface area contributed by atoms with Crippen LogP contribution in [0, 0.1) is 5.92 Å². The molecule has 1 amide bonds. The van der Waals surface area contributed by atoms with Gasteiger partial charge in [0.15, 0.2) is 0 Å². The number of carbonyl (C=O) groups is 1. The highest BCUT2D eigenvalue weighted by Gasteiger charge is 2.21. The Balaban J connectivity index is 1.54. The molecule has 1 aliphatic rings. The van der Waals surface area contributed by atoms with Gasteiger partial charge >= 0.3 is 0 Å². The van der Waals surface area contributed by atoms with Gasteiger partial charge in [0.2, 0.25) is 0 Å². The molecule has 2 aromatic rings. The van der Waals surface area contributed by atoms with Crippen LogP contribution in [0.4, 0.5) is 0 Å². The Hall–Kier alpha value is -2.50. The second kappa shape index (κ2) is 7.38. The smallest absolute Gasteiger partial charge is 0.271 e. The number of methoxy groups -OCH3 is 1. The van der Waals surface area contributed by atoms with Gasteiger partial charge in [-0.05, 0) is 30.5 Å². The molecule has 2 heterocycles. The van der Waals surface area contributed by atoms with Crippen LogP contribution in [0.3, 0.4) is 0 Å². The van der Waals surface area contributed by atoms with Crippen molar-refractivity contribution in [2.24, 2.45) is 5.92 Å². The van der Waals surface area contributed by atoms with Crippen molar-refractivity contribution < 1.29 is 14.3 Å². The molecule has 24 heavy (non-hydrogen) atoms. The van der Waals surface area contributed by atoms with Crippen LogP contribution < -0.4 is 14.8 Å². The molecule has 0 saturated carbocycles. The van der Waals surface area contributed by atoms with E-state index in [1.54, 1.807) is 7.11 Å². The van der Waals surface area contributed by atoms with Gasteiger partial charge in [0.25, 0.3) is 5.91 Å². The lowest BCUT2D eigenvalue weighted by Gasteiger charge is -2.25. The number of aromatic nitrogens is 2. The molecule has 0 radical (unpaired) electrons. The predicted octanol–water partition coefficient (Wildman–Crippen LogP) is 2.35. The van der Waals surface area contributed by atoms with Gasteiger partial charge in [-0.3, -0.25) is 9.89 Å². The monoisotopic (exact) mass is 329 g/mol. The summed E-state index contributed by atoms with van der Waals surface area (Å²) in [5.74, 6) is 1.77. The van der Waals surface area contributed by atoms with E-state index in [-0.39, 0.29) is 11.8 Å². The lowest BCUT2D eigenvalue weighted by Crippen LogP contribution is -2.35. The fraction of sp³-hybridized carbons (Fsp3) is 0.444. The Morgan fingerprint density at radius 1 is 1.46 bits per heavy atom. The maximum atomic E-state index is 12.2. The summed E-state index contributed by atoms with van der Waals surface area (Å²) in [6, 6.07) is 7.68. The maximum Gasteiger partial charge on any atom is 0.271 e. The standard InChI is InChI=1S/C18H23N3O3/c1-3-4-14-8-16(21-20-14)18(22)19-10-12-7-13-5-6-15(23-2)9-17(13)24-11-12/h5-6,8-9,12H,3-4,7,10-11H2,1-2H3,(H,19,22)(H,20,21)/t12-/m1/s1. The summed E-state index contributed by atoms with van der Waals surface area (Å²) in [5, 5.41) is 9.92. The van der Waals surface area contributed by atoms with Crippen molar-refractivity contribution in [2.75, 3.05) is 20.3 Å². The molecule has 0 bridgehead atoms. The van der Waals surface area contributed by atoms with Crippen molar-refractivity contribution in [3.05, 3.63) is 41.2 Å². The van der Waals surface area contributed by atoms with E-state index in [1.165, 1.54) is 0 Å². The number of carbonyl (C=O) groups excluding carboxylic acids is 1. The Morgan fingerprint density at radius 3 is 3.12 bits per heavy atom. The first-order valence-corrected chi connectivity index (χ1v) is 8.31. The number of hydrogen-bond donors (Lipinski definition) is 2. The third-order valence-corrected chi connectivity index (χ3v) is 4.19. The average molecular weight is 329 g/mol. The van der Waals surface area contributed by atoms with Crippen LogP contribution in [0.1, 0.15) is 35.1 Å². The highest BCUT2D eigenvalue weighted by Crippen LogP contribution is 2.30. The molecule has 0 spiro atoms. The summed E-state index contributed by atoms with van der Waals surface area (Å²) in [6.45, 7) is 3.25. The summed E-state index contributed by atoms with van der Waals surface area (Å²) in [4.78, 5) is 12.2. The fourth-order valence-electron chi connectivity index (χ4n) is 2.88. The van der Waals surface area contributed by atoms with E-state index in [4.69, 9.17) is 9.47 Å². The van der Waals surface area contributed by atoms with Crippen molar-refractivity contribution in [1.82, 2.24) is 15.5 Å². The number of nitrogens with one attached hydrogen (secondary N) is 2. The number of nitrogens with zero attached hydrogens (tertiary/aromatic N) is 1. The second-order valence-electron chi connectivity index (χ2n) is 6.09. The molecule has 6 nitrogen and oxygen atoms in total. The van der Waals surface area contributed by atoms with E-state index in [1.807, 2.05) is 24.3 Å². The van der Waals surface area contributed by atoms with Crippen LogP contribution in [0.15, 0.2) is 24.3 Å². The summed E-state index contributed by atoms with van der Waals surface area (Å²) in [7, 11) is 1.64. The number of H-pyrrole nitrogens is 1. The first-order chi connectivity index (χ1) is 11.7. The molecular formula is C18H23N3O3. The fourth-order valence-corrected chi connectivity index (χ4v) is 2.88. The minimum absolute atomic E-state index is 0.144. The molecule has 0 fully saturated rings. The summed E-state index contributed by atoms with van der Waals surface area (Å²) < 4.78 is 11.0. The van der Waals surface area contributed by atoms with Crippen LogP contribution >= 0.6 is 0 Å². The molecule has 1 aliphatic heterocycles. The Labute approximate surface area is 141 Å². The first kappa shape index (κ1) is 16.4. The molecule has 1 atom stereocenters. The maximum absolute atomic E-state index is 12.2. The van der Waals surface area contributed by atoms with Gasteiger partial charge in [0, 0.05) is 24.2 Å². The number of rotatable bonds is 6. The van der Waals surface area contributed by atoms with Crippen LogP contribution in [0.25, 0.3) is 0 Å². The predicted molar refractivity (Wildman–Crippen MR) is 90.6 cm³/mol. The number of ether oxygens (including phenoxy) is 2. The molecule has 1 aromatic carbocycles. The van der Waals surface area contributed by atoms with Gasteiger partial charge in [-0.1, -0.05) is 19.4 Å². The number of aryl methyl sites for hydroxylation is 1. The van der Waals surface area contributed by atoms with Crippen molar-refractivity contribution in [3.63, 3.8) is 0 Å². The normalized spacial score (nSPS) is 16.2. The quantitative estimate of drug-likeness (QED) is 0.853. The zero-order chi connectivity index (χ0) is 16.9. The van der Waals surface area contributed by atoms with E-state index in [0.29, 0.717) is 18.8 Å². The third kappa shape index (κ3) is 3.69. The number of amides is 1. The van der Waals surface area contributed by atoms with Gasteiger partial charge in [-0.15, -0.1) is 0 Å². The van der Waals surface area contributed by atoms with Gasteiger partial charge in [-0.2, -0.15) is 5.10 Å². The van der Waals surface area contributed by atoms with Crippen molar-refractivity contribution in [1.29, 1.82) is 0 Å². The second-order valence-corrected chi connectivity index (χ2v) is 6.09. The number of hydrogen-bond acceptors (Lipinski definition) is 4. The van der Waals surface area contributed by atoms with E-state index in [9.17, 15) is 4.79 Å². The van der Waals surface area contributed by atoms with E-state index in [0.717, 1.165) is 42.0 Å². The largest absolute Gasteiger partial charge is 0.497 e. The first-order valence-electron chi connectivity index (χ1n) is 8.31. The lowest BCUT2D eigenvalue weighted by atomic mass is 9.96. The van der Waals surface area contributed by atoms with Crippen LogP contribution in [0.5, 0.6) is 11.5 Å². The molecule has 0 aliphatic carbocycles. The Kier molecular flexibility index (Phi) is 5.03. The summed E-state index contributed by atoms with van der Waals surface area (Å²) in [6.07, 6.45) is 2.80. The highest BCUT2D eigenvalue weighted by atomic mass is 16.5.